The number of rotatable bonds is 7. The standard InChI is InChI=1S/C15H23F2P/c1-4-6-12(3)11-18(9-5-2)15-10-13(16)7-8-14(15)17/h7-8,10,12H,4-6,9,11H2,1-3H3/p+1. The minimum absolute atomic E-state index is 0.220. The van der Waals surface area contributed by atoms with Gasteiger partial charge in [0, 0.05) is 14.0 Å². The number of benzene rings is 1. The van der Waals surface area contributed by atoms with Crippen molar-refractivity contribution >= 4 is 13.2 Å². The van der Waals surface area contributed by atoms with Crippen LogP contribution >= 0.6 is 7.92 Å². The van der Waals surface area contributed by atoms with E-state index < -0.39 is 7.92 Å². The van der Waals surface area contributed by atoms with Crippen molar-refractivity contribution in [3.8, 4) is 0 Å². The lowest BCUT2D eigenvalue weighted by atomic mass is 10.1. The van der Waals surface area contributed by atoms with Crippen molar-refractivity contribution < 1.29 is 8.78 Å². The lowest BCUT2D eigenvalue weighted by Gasteiger charge is -2.15. The third kappa shape index (κ3) is 4.65. The zero-order valence-corrected chi connectivity index (χ0v) is 12.6. The summed E-state index contributed by atoms with van der Waals surface area (Å²) >= 11 is 0. The highest BCUT2D eigenvalue weighted by Crippen LogP contribution is 2.39. The molecule has 0 aliphatic rings. The quantitative estimate of drug-likeness (QED) is 0.634. The second kappa shape index (κ2) is 7.84. The van der Waals surface area contributed by atoms with Gasteiger partial charge < -0.3 is 0 Å². The first kappa shape index (κ1) is 15.6. The third-order valence-corrected chi connectivity index (χ3v) is 6.68. The predicted molar refractivity (Wildman–Crippen MR) is 78.4 cm³/mol. The summed E-state index contributed by atoms with van der Waals surface area (Å²) in [7, 11) is -0.961. The highest BCUT2D eigenvalue weighted by atomic mass is 31.1. The molecular formula is C15H24F2P+. The zero-order chi connectivity index (χ0) is 13.5. The number of hydrogen-bond acceptors (Lipinski definition) is 0. The van der Waals surface area contributed by atoms with Gasteiger partial charge in [-0.1, -0.05) is 27.2 Å². The lowest BCUT2D eigenvalue weighted by molar-refractivity contribution is 0.581. The Bertz CT molecular complexity index is 366. The van der Waals surface area contributed by atoms with E-state index in [0.29, 0.717) is 11.2 Å². The molecule has 0 saturated heterocycles. The van der Waals surface area contributed by atoms with Crippen molar-refractivity contribution in [2.45, 2.75) is 40.0 Å². The van der Waals surface area contributed by atoms with Gasteiger partial charge in [0.15, 0.2) is 5.82 Å². The molecule has 0 heterocycles. The normalized spacial score (nSPS) is 14.5. The van der Waals surface area contributed by atoms with Crippen LogP contribution in [0.5, 0.6) is 0 Å². The minimum atomic E-state index is -0.961. The molecule has 0 aliphatic heterocycles. The highest BCUT2D eigenvalue weighted by molar-refractivity contribution is 7.65. The van der Waals surface area contributed by atoms with Crippen molar-refractivity contribution in [1.82, 2.24) is 0 Å². The van der Waals surface area contributed by atoms with Gasteiger partial charge in [-0.05, 0) is 30.9 Å². The molecule has 0 saturated carbocycles. The molecule has 102 valence electrons. The topological polar surface area (TPSA) is 0 Å². The molecule has 3 heteroatoms. The van der Waals surface area contributed by atoms with E-state index in [-0.39, 0.29) is 11.6 Å². The summed E-state index contributed by atoms with van der Waals surface area (Å²) in [5.41, 5.74) is 0. The molecule has 18 heavy (non-hydrogen) atoms. The number of halogens is 2. The van der Waals surface area contributed by atoms with Crippen molar-refractivity contribution in [2.75, 3.05) is 12.3 Å². The van der Waals surface area contributed by atoms with Crippen LogP contribution in [0.25, 0.3) is 0 Å². The Morgan fingerprint density at radius 2 is 1.89 bits per heavy atom. The fourth-order valence-corrected chi connectivity index (χ4v) is 5.54. The summed E-state index contributed by atoms with van der Waals surface area (Å²) in [6, 6.07) is 3.90. The van der Waals surface area contributed by atoms with Gasteiger partial charge in [0.1, 0.15) is 11.1 Å². The second-order valence-corrected chi connectivity index (χ2v) is 7.73. The monoisotopic (exact) mass is 273 g/mol. The Balaban J connectivity index is 2.85. The Kier molecular flexibility index (Phi) is 6.78. The fraction of sp³-hybridized carbons (Fsp3) is 0.600. The molecule has 0 N–H and O–H groups in total. The summed E-state index contributed by atoms with van der Waals surface area (Å²) in [5.74, 6) is 0.0775. The van der Waals surface area contributed by atoms with E-state index in [9.17, 15) is 8.78 Å². The Morgan fingerprint density at radius 3 is 2.50 bits per heavy atom. The first-order valence-electron chi connectivity index (χ1n) is 6.88. The molecule has 2 atom stereocenters. The second-order valence-electron chi connectivity index (χ2n) is 5.08. The molecule has 0 amide bonds. The van der Waals surface area contributed by atoms with Crippen molar-refractivity contribution in [2.24, 2.45) is 5.92 Å². The maximum absolute atomic E-state index is 13.8. The van der Waals surface area contributed by atoms with E-state index in [1.54, 1.807) is 0 Å². The van der Waals surface area contributed by atoms with E-state index in [0.717, 1.165) is 25.2 Å². The molecule has 0 fully saturated rings. The summed E-state index contributed by atoms with van der Waals surface area (Å²) < 4.78 is 27.1. The van der Waals surface area contributed by atoms with Crippen molar-refractivity contribution in [1.29, 1.82) is 0 Å². The lowest BCUT2D eigenvalue weighted by Crippen LogP contribution is -2.15. The molecule has 0 bridgehead atoms. The molecule has 0 radical (unpaired) electrons. The van der Waals surface area contributed by atoms with Crippen molar-refractivity contribution in [3.63, 3.8) is 0 Å². The molecule has 0 aromatic heterocycles. The molecule has 0 spiro atoms. The van der Waals surface area contributed by atoms with Gasteiger partial charge in [0.05, 0.1) is 12.3 Å². The largest absolute Gasteiger partial charge is 0.207 e. The third-order valence-electron chi connectivity index (χ3n) is 3.24. The Morgan fingerprint density at radius 1 is 1.17 bits per heavy atom. The van der Waals surface area contributed by atoms with Crippen LogP contribution in [0.3, 0.4) is 0 Å². The van der Waals surface area contributed by atoms with Crippen LogP contribution in [0.15, 0.2) is 18.2 Å². The first-order chi connectivity index (χ1) is 8.58. The van der Waals surface area contributed by atoms with Crippen LogP contribution in [-0.2, 0) is 0 Å². The maximum Gasteiger partial charge on any atom is 0.165 e. The summed E-state index contributed by atoms with van der Waals surface area (Å²) in [6.45, 7) is 6.51. The fourth-order valence-electron chi connectivity index (χ4n) is 2.43. The molecule has 1 rings (SSSR count). The maximum atomic E-state index is 13.8. The van der Waals surface area contributed by atoms with Crippen LogP contribution in [0.2, 0.25) is 0 Å². The minimum Gasteiger partial charge on any atom is -0.207 e. The van der Waals surface area contributed by atoms with Gasteiger partial charge in [-0.25, -0.2) is 8.78 Å². The van der Waals surface area contributed by atoms with Crippen LogP contribution in [0.4, 0.5) is 8.78 Å². The molecule has 1 aromatic carbocycles. The summed E-state index contributed by atoms with van der Waals surface area (Å²) in [5, 5.41) is 0.657. The van der Waals surface area contributed by atoms with Gasteiger partial charge in [0.2, 0.25) is 0 Å². The average Bonchev–Trinajstić information content (AvgIpc) is 2.32. The van der Waals surface area contributed by atoms with Crippen LogP contribution in [0.1, 0.15) is 40.0 Å². The van der Waals surface area contributed by atoms with Crippen LogP contribution < -0.4 is 5.30 Å². The van der Waals surface area contributed by atoms with Crippen LogP contribution in [-0.4, -0.2) is 12.3 Å². The van der Waals surface area contributed by atoms with Gasteiger partial charge >= 0.3 is 0 Å². The van der Waals surface area contributed by atoms with Crippen molar-refractivity contribution in [3.05, 3.63) is 29.8 Å². The van der Waals surface area contributed by atoms with E-state index in [2.05, 4.69) is 20.8 Å². The van der Waals surface area contributed by atoms with E-state index in [1.807, 2.05) is 0 Å². The summed E-state index contributed by atoms with van der Waals surface area (Å²) in [6.07, 6.45) is 5.46. The van der Waals surface area contributed by atoms with Gasteiger partial charge in [-0.2, -0.15) is 0 Å². The molecule has 0 aliphatic carbocycles. The van der Waals surface area contributed by atoms with Gasteiger partial charge in [0.25, 0.3) is 0 Å². The average molecular weight is 273 g/mol. The molecular weight excluding hydrogens is 249 g/mol. The Hall–Kier alpha value is -0.490. The predicted octanol–water partition coefficient (Wildman–Crippen LogP) is 4.65. The summed E-state index contributed by atoms with van der Waals surface area (Å²) in [4.78, 5) is 0. The number of hydrogen-bond donors (Lipinski definition) is 0. The van der Waals surface area contributed by atoms with E-state index in [1.165, 1.54) is 24.6 Å². The van der Waals surface area contributed by atoms with Gasteiger partial charge in [-0.3, -0.25) is 0 Å². The Labute approximate surface area is 111 Å². The van der Waals surface area contributed by atoms with E-state index in [4.69, 9.17) is 0 Å². The first-order valence-corrected chi connectivity index (χ1v) is 8.80. The van der Waals surface area contributed by atoms with E-state index >= 15 is 0 Å². The molecule has 2 unspecified atom stereocenters. The highest BCUT2D eigenvalue weighted by Gasteiger charge is 2.25. The molecule has 0 nitrogen and oxygen atoms in total. The van der Waals surface area contributed by atoms with Gasteiger partial charge in [-0.15, -0.1) is 0 Å². The molecule has 1 aromatic rings. The van der Waals surface area contributed by atoms with Crippen LogP contribution in [0, 0.1) is 17.6 Å². The smallest absolute Gasteiger partial charge is 0.165 e. The SMILES string of the molecule is CCCC(C)C[PH+](CCC)c1cc(F)ccc1F. The zero-order valence-electron chi connectivity index (χ0n) is 11.6.